The molecule has 1 unspecified atom stereocenters. The average Bonchev–Trinajstić information content (AvgIpc) is 2.81. The lowest BCUT2D eigenvalue weighted by atomic mass is 10.0. The Balaban J connectivity index is 2.38. The molecular formula is C14H21BrN6. The van der Waals surface area contributed by atoms with Crippen molar-refractivity contribution in [1.29, 1.82) is 0 Å². The first-order valence-corrected chi connectivity index (χ1v) is 7.56. The number of pyridine rings is 1. The molecule has 0 aromatic carbocycles. The number of halogens is 1. The van der Waals surface area contributed by atoms with E-state index in [1.807, 2.05) is 44.2 Å². The lowest BCUT2D eigenvalue weighted by molar-refractivity contribution is 0.365. The molecule has 2 aromatic rings. The van der Waals surface area contributed by atoms with E-state index in [1.54, 1.807) is 6.20 Å². The Hall–Kier alpha value is -1.28. The van der Waals surface area contributed by atoms with E-state index in [0.717, 1.165) is 34.4 Å². The summed E-state index contributed by atoms with van der Waals surface area (Å²) in [4.78, 5) is 6.26. The van der Waals surface area contributed by atoms with Crippen molar-refractivity contribution in [3.05, 3.63) is 46.0 Å². The minimum Gasteiger partial charge on any atom is -0.308 e. The maximum atomic E-state index is 5.82. The van der Waals surface area contributed by atoms with Gasteiger partial charge in [-0.3, -0.25) is 15.5 Å². The summed E-state index contributed by atoms with van der Waals surface area (Å²) in [5.74, 6) is 5.82. The minimum atomic E-state index is -0.132. The molecule has 114 valence electrons. The highest BCUT2D eigenvalue weighted by atomic mass is 79.9. The van der Waals surface area contributed by atoms with E-state index in [2.05, 4.69) is 36.3 Å². The van der Waals surface area contributed by atoms with Gasteiger partial charge in [-0.2, -0.15) is 5.10 Å². The number of nitrogens with zero attached hydrogens (tertiary/aromatic N) is 4. The number of aryl methyl sites for hydroxylation is 1. The first-order chi connectivity index (χ1) is 10.0. The van der Waals surface area contributed by atoms with Gasteiger partial charge in [0.2, 0.25) is 0 Å². The van der Waals surface area contributed by atoms with Gasteiger partial charge >= 0.3 is 0 Å². The van der Waals surface area contributed by atoms with Crippen LogP contribution in [0.4, 0.5) is 0 Å². The predicted octanol–water partition coefficient (Wildman–Crippen LogP) is 1.46. The normalized spacial score (nSPS) is 12.9. The topological polar surface area (TPSA) is 72.0 Å². The van der Waals surface area contributed by atoms with Crippen LogP contribution < -0.4 is 11.3 Å². The number of rotatable bonds is 6. The van der Waals surface area contributed by atoms with Gasteiger partial charge in [0.1, 0.15) is 0 Å². The molecule has 2 aromatic heterocycles. The van der Waals surface area contributed by atoms with Crippen molar-refractivity contribution in [2.24, 2.45) is 5.84 Å². The Morgan fingerprint density at radius 3 is 2.81 bits per heavy atom. The molecule has 2 heterocycles. The molecule has 0 saturated carbocycles. The van der Waals surface area contributed by atoms with Gasteiger partial charge in [0.15, 0.2) is 0 Å². The fraction of sp³-hybridized carbons (Fsp3) is 0.429. The molecule has 0 spiro atoms. The molecule has 1 atom stereocenters. The van der Waals surface area contributed by atoms with Crippen LogP contribution in [0.5, 0.6) is 0 Å². The number of aromatic nitrogens is 3. The van der Waals surface area contributed by atoms with Crippen LogP contribution in [0.15, 0.2) is 29.1 Å². The van der Waals surface area contributed by atoms with Crippen molar-refractivity contribution in [3.63, 3.8) is 0 Å². The Bertz CT molecular complexity index is 595. The van der Waals surface area contributed by atoms with E-state index in [4.69, 9.17) is 5.84 Å². The number of nitrogens with two attached hydrogens (primary N) is 1. The van der Waals surface area contributed by atoms with Crippen LogP contribution in [0.2, 0.25) is 0 Å². The van der Waals surface area contributed by atoms with Gasteiger partial charge in [0.25, 0.3) is 0 Å². The van der Waals surface area contributed by atoms with E-state index in [9.17, 15) is 0 Å². The Kier molecular flexibility index (Phi) is 5.46. The Morgan fingerprint density at radius 2 is 2.19 bits per heavy atom. The van der Waals surface area contributed by atoms with Crippen molar-refractivity contribution in [2.75, 3.05) is 20.6 Å². The molecule has 7 heteroatoms. The highest BCUT2D eigenvalue weighted by Gasteiger charge is 2.22. The third-order valence-electron chi connectivity index (χ3n) is 3.41. The molecule has 0 aliphatic rings. The molecule has 3 N–H and O–H groups in total. The van der Waals surface area contributed by atoms with Gasteiger partial charge in [-0.1, -0.05) is 0 Å². The van der Waals surface area contributed by atoms with Crippen LogP contribution in [0.3, 0.4) is 0 Å². The zero-order valence-electron chi connectivity index (χ0n) is 12.5. The second kappa shape index (κ2) is 7.13. The van der Waals surface area contributed by atoms with E-state index in [-0.39, 0.29) is 6.04 Å². The molecule has 6 nitrogen and oxygen atoms in total. The monoisotopic (exact) mass is 352 g/mol. The van der Waals surface area contributed by atoms with Crippen LogP contribution >= 0.6 is 15.9 Å². The summed E-state index contributed by atoms with van der Waals surface area (Å²) >= 11 is 3.58. The summed E-state index contributed by atoms with van der Waals surface area (Å²) < 4.78 is 2.93. The van der Waals surface area contributed by atoms with E-state index >= 15 is 0 Å². The standard InChI is InChI=1S/C14H21BrN6/c1-10-8-17-5-4-11(10)13(19-16)14-12(15)9-18-21(14)7-6-20(2)3/h4-5,8-9,13,19H,6-7,16H2,1-3H3. The SMILES string of the molecule is Cc1cnccc1C(NN)c1c(Br)cnn1CCN(C)C. The summed E-state index contributed by atoms with van der Waals surface area (Å²) in [5.41, 5.74) is 6.11. The lowest BCUT2D eigenvalue weighted by Crippen LogP contribution is -2.32. The van der Waals surface area contributed by atoms with Crippen LogP contribution in [0.25, 0.3) is 0 Å². The third kappa shape index (κ3) is 3.68. The van der Waals surface area contributed by atoms with Crippen LogP contribution in [0, 0.1) is 6.92 Å². The predicted molar refractivity (Wildman–Crippen MR) is 86.6 cm³/mol. The van der Waals surface area contributed by atoms with Crippen LogP contribution in [-0.4, -0.2) is 40.3 Å². The second-order valence-electron chi connectivity index (χ2n) is 5.24. The Morgan fingerprint density at radius 1 is 1.43 bits per heavy atom. The molecule has 0 bridgehead atoms. The molecule has 0 saturated heterocycles. The molecule has 0 aliphatic heterocycles. The van der Waals surface area contributed by atoms with Gasteiger partial charge < -0.3 is 4.90 Å². The number of hydrogen-bond donors (Lipinski definition) is 2. The van der Waals surface area contributed by atoms with Gasteiger partial charge in [-0.25, -0.2) is 5.43 Å². The molecule has 0 aliphatic carbocycles. The van der Waals surface area contributed by atoms with Gasteiger partial charge in [0, 0.05) is 18.9 Å². The minimum absolute atomic E-state index is 0.132. The molecule has 2 rings (SSSR count). The number of nitrogens with one attached hydrogen (secondary N) is 1. The van der Waals surface area contributed by atoms with Gasteiger partial charge in [-0.15, -0.1) is 0 Å². The third-order valence-corrected chi connectivity index (χ3v) is 4.02. The van der Waals surface area contributed by atoms with E-state index in [0.29, 0.717) is 0 Å². The first kappa shape index (κ1) is 16.1. The quantitative estimate of drug-likeness (QED) is 0.608. The molecule has 0 fully saturated rings. The number of hydrazine groups is 1. The summed E-state index contributed by atoms with van der Waals surface area (Å²) in [6.07, 6.45) is 5.43. The fourth-order valence-electron chi connectivity index (χ4n) is 2.26. The van der Waals surface area contributed by atoms with Crippen molar-refractivity contribution in [1.82, 2.24) is 25.1 Å². The highest BCUT2D eigenvalue weighted by Crippen LogP contribution is 2.29. The second-order valence-corrected chi connectivity index (χ2v) is 6.09. The largest absolute Gasteiger partial charge is 0.308 e. The maximum absolute atomic E-state index is 5.82. The smallest absolute Gasteiger partial charge is 0.0893 e. The molecular weight excluding hydrogens is 332 g/mol. The molecule has 21 heavy (non-hydrogen) atoms. The zero-order valence-corrected chi connectivity index (χ0v) is 14.1. The van der Waals surface area contributed by atoms with Gasteiger partial charge in [0.05, 0.1) is 29.0 Å². The van der Waals surface area contributed by atoms with E-state index in [1.165, 1.54) is 0 Å². The lowest BCUT2D eigenvalue weighted by Gasteiger charge is -2.21. The number of hydrogen-bond acceptors (Lipinski definition) is 5. The summed E-state index contributed by atoms with van der Waals surface area (Å²) in [5, 5.41) is 4.44. The zero-order chi connectivity index (χ0) is 15.4. The molecule has 0 amide bonds. The van der Waals surface area contributed by atoms with Crippen molar-refractivity contribution in [3.8, 4) is 0 Å². The highest BCUT2D eigenvalue weighted by molar-refractivity contribution is 9.10. The fourth-order valence-corrected chi connectivity index (χ4v) is 2.78. The van der Waals surface area contributed by atoms with Crippen LogP contribution in [0.1, 0.15) is 22.9 Å². The first-order valence-electron chi connectivity index (χ1n) is 6.77. The summed E-state index contributed by atoms with van der Waals surface area (Å²) in [6.45, 7) is 3.74. The maximum Gasteiger partial charge on any atom is 0.0893 e. The summed E-state index contributed by atoms with van der Waals surface area (Å²) in [6, 6.07) is 1.85. The Labute approximate surface area is 133 Å². The van der Waals surface area contributed by atoms with Gasteiger partial charge in [-0.05, 0) is 54.1 Å². The van der Waals surface area contributed by atoms with Crippen LogP contribution in [-0.2, 0) is 6.54 Å². The van der Waals surface area contributed by atoms with Crippen molar-refractivity contribution < 1.29 is 0 Å². The molecule has 0 radical (unpaired) electrons. The average molecular weight is 353 g/mol. The number of likely N-dealkylation sites (N-methyl/N-ethyl adjacent to an activating group) is 1. The van der Waals surface area contributed by atoms with Crippen molar-refractivity contribution >= 4 is 15.9 Å². The van der Waals surface area contributed by atoms with E-state index < -0.39 is 0 Å². The van der Waals surface area contributed by atoms with Crippen molar-refractivity contribution in [2.45, 2.75) is 19.5 Å². The summed E-state index contributed by atoms with van der Waals surface area (Å²) in [7, 11) is 4.09.